The first-order chi connectivity index (χ1) is 8.15. The van der Waals surface area contributed by atoms with Gasteiger partial charge in [-0.3, -0.25) is 0 Å². The van der Waals surface area contributed by atoms with Crippen molar-refractivity contribution in [2.45, 2.75) is 10.6 Å². The van der Waals surface area contributed by atoms with Gasteiger partial charge in [0.05, 0.1) is 5.75 Å². The summed E-state index contributed by atoms with van der Waals surface area (Å²) in [5, 5.41) is 8.67. The molecule has 0 unspecified atom stereocenters. The topological polar surface area (TPSA) is 50.4 Å². The highest BCUT2D eigenvalue weighted by Crippen LogP contribution is 2.24. The van der Waals surface area contributed by atoms with E-state index in [9.17, 15) is 9.18 Å². The van der Waals surface area contributed by atoms with E-state index in [0.717, 1.165) is 4.90 Å². The van der Waals surface area contributed by atoms with Gasteiger partial charge in [0.1, 0.15) is 11.6 Å². The third kappa shape index (κ3) is 3.10. The van der Waals surface area contributed by atoms with E-state index in [2.05, 4.69) is 0 Å². The van der Waals surface area contributed by atoms with Crippen molar-refractivity contribution in [1.29, 1.82) is 0 Å². The van der Waals surface area contributed by atoms with E-state index < -0.39 is 5.97 Å². The summed E-state index contributed by atoms with van der Waals surface area (Å²) in [7, 11) is 0. The second-order valence-corrected chi connectivity index (χ2v) is 4.37. The van der Waals surface area contributed by atoms with Gasteiger partial charge in [-0.05, 0) is 30.3 Å². The summed E-state index contributed by atoms with van der Waals surface area (Å²) in [6, 6.07) is 9.22. The molecule has 0 atom stereocenters. The maximum Gasteiger partial charge on any atom is 0.371 e. The molecule has 0 saturated carbocycles. The number of halogens is 1. The third-order valence-electron chi connectivity index (χ3n) is 2.05. The van der Waals surface area contributed by atoms with Crippen LogP contribution in [0, 0.1) is 5.82 Å². The number of hydrogen-bond acceptors (Lipinski definition) is 3. The smallest absolute Gasteiger partial charge is 0.371 e. The molecule has 0 spiro atoms. The van der Waals surface area contributed by atoms with E-state index in [1.165, 1.54) is 30.0 Å². The molecule has 2 rings (SSSR count). The molecule has 5 heteroatoms. The Morgan fingerprint density at radius 1 is 1.35 bits per heavy atom. The van der Waals surface area contributed by atoms with Gasteiger partial charge in [0.25, 0.3) is 0 Å². The lowest BCUT2D eigenvalue weighted by atomic mass is 10.4. The summed E-state index contributed by atoms with van der Waals surface area (Å²) < 4.78 is 18.0. The van der Waals surface area contributed by atoms with Gasteiger partial charge < -0.3 is 9.52 Å². The van der Waals surface area contributed by atoms with Crippen molar-refractivity contribution in [3.8, 4) is 0 Å². The van der Waals surface area contributed by atoms with E-state index in [1.807, 2.05) is 0 Å². The normalized spacial score (nSPS) is 10.4. The monoisotopic (exact) mass is 252 g/mol. The number of carboxylic acid groups (broad SMARTS) is 1. The molecule has 0 fully saturated rings. The third-order valence-corrected chi connectivity index (χ3v) is 3.07. The standard InChI is InChI=1S/C12H9FO3S/c13-8-2-1-3-10(6-8)17-7-9-4-5-11(16-9)12(14)15/h1-6H,7H2,(H,14,15). The number of furan rings is 1. The highest BCUT2D eigenvalue weighted by Gasteiger charge is 2.09. The first-order valence-corrected chi connectivity index (χ1v) is 5.84. The van der Waals surface area contributed by atoms with Crippen LogP contribution in [0.5, 0.6) is 0 Å². The van der Waals surface area contributed by atoms with Crippen molar-refractivity contribution >= 4 is 17.7 Å². The lowest BCUT2D eigenvalue weighted by Crippen LogP contribution is -1.91. The number of thioether (sulfide) groups is 1. The molecule has 0 bridgehead atoms. The van der Waals surface area contributed by atoms with Crippen LogP contribution >= 0.6 is 11.8 Å². The maximum atomic E-state index is 12.9. The summed E-state index contributed by atoms with van der Waals surface area (Å²) in [5.74, 6) is -0.444. The average Bonchev–Trinajstić information content (AvgIpc) is 2.75. The van der Waals surface area contributed by atoms with E-state index in [1.54, 1.807) is 18.2 Å². The van der Waals surface area contributed by atoms with Crippen LogP contribution in [-0.4, -0.2) is 11.1 Å². The Kier molecular flexibility index (Phi) is 3.49. The van der Waals surface area contributed by atoms with E-state index in [0.29, 0.717) is 11.5 Å². The summed E-state index contributed by atoms with van der Waals surface area (Å²) in [4.78, 5) is 11.4. The van der Waals surface area contributed by atoms with Crippen LogP contribution in [0.15, 0.2) is 45.7 Å². The number of rotatable bonds is 4. The summed E-state index contributed by atoms with van der Waals surface area (Å²) >= 11 is 1.39. The molecular weight excluding hydrogens is 243 g/mol. The van der Waals surface area contributed by atoms with Gasteiger partial charge in [-0.2, -0.15) is 0 Å². The molecule has 17 heavy (non-hydrogen) atoms. The quantitative estimate of drug-likeness (QED) is 0.847. The maximum absolute atomic E-state index is 12.9. The van der Waals surface area contributed by atoms with Gasteiger partial charge in [0.2, 0.25) is 5.76 Å². The molecule has 0 amide bonds. The predicted molar refractivity (Wildman–Crippen MR) is 61.6 cm³/mol. The van der Waals surface area contributed by atoms with Crippen LogP contribution in [0.4, 0.5) is 4.39 Å². The average molecular weight is 252 g/mol. The molecular formula is C12H9FO3S. The van der Waals surface area contributed by atoms with Crippen LogP contribution in [-0.2, 0) is 5.75 Å². The Labute approximate surface area is 101 Å². The molecule has 0 saturated heterocycles. The minimum absolute atomic E-state index is 0.0835. The number of carboxylic acids is 1. The molecule has 1 N–H and O–H groups in total. The van der Waals surface area contributed by atoms with Crippen molar-refractivity contribution in [2.75, 3.05) is 0 Å². The zero-order valence-corrected chi connectivity index (χ0v) is 9.54. The SMILES string of the molecule is O=C(O)c1ccc(CSc2cccc(F)c2)o1. The number of hydrogen-bond donors (Lipinski definition) is 1. The minimum atomic E-state index is -1.09. The zero-order valence-electron chi connectivity index (χ0n) is 8.72. The Morgan fingerprint density at radius 2 is 2.18 bits per heavy atom. The second kappa shape index (κ2) is 5.05. The molecule has 0 aliphatic rings. The van der Waals surface area contributed by atoms with Crippen molar-refractivity contribution in [2.24, 2.45) is 0 Å². The largest absolute Gasteiger partial charge is 0.475 e. The lowest BCUT2D eigenvalue weighted by molar-refractivity contribution is 0.0661. The highest BCUT2D eigenvalue weighted by molar-refractivity contribution is 7.98. The number of aromatic carboxylic acids is 1. The molecule has 1 aromatic heterocycles. The Morgan fingerprint density at radius 3 is 2.82 bits per heavy atom. The van der Waals surface area contributed by atoms with Gasteiger partial charge in [-0.15, -0.1) is 11.8 Å². The fourth-order valence-corrected chi connectivity index (χ4v) is 2.12. The second-order valence-electron chi connectivity index (χ2n) is 3.32. The molecule has 0 aliphatic heterocycles. The summed E-state index contributed by atoms with van der Waals surface area (Å²) in [5.41, 5.74) is 0. The summed E-state index contributed by atoms with van der Waals surface area (Å²) in [6.07, 6.45) is 0. The number of carbonyl (C=O) groups is 1. The van der Waals surface area contributed by atoms with Gasteiger partial charge in [0, 0.05) is 4.90 Å². The molecule has 88 valence electrons. The van der Waals surface area contributed by atoms with E-state index >= 15 is 0 Å². The molecule has 1 heterocycles. The van der Waals surface area contributed by atoms with Gasteiger partial charge in [-0.1, -0.05) is 6.07 Å². The minimum Gasteiger partial charge on any atom is -0.475 e. The molecule has 1 aromatic carbocycles. The fourth-order valence-electron chi connectivity index (χ4n) is 1.28. The van der Waals surface area contributed by atoms with Crippen LogP contribution < -0.4 is 0 Å². The lowest BCUT2D eigenvalue weighted by Gasteiger charge is -1.99. The molecule has 3 nitrogen and oxygen atoms in total. The van der Waals surface area contributed by atoms with E-state index in [4.69, 9.17) is 9.52 Å². The van der Waals surface area contributed by atoms with Crippen LogP contribution in [0.3, 0.4) is 0 Å². The number of benzene rings is 1. The molecule has 0 aliphatic carbocycles. The first-order valence-electron chi connectivity index (χ1n) is 4.85. The summed E-state index contributed by atoms with van der Waals surface area (Å²) in [6.45, 7) is 0. The van der Waals surface area contributed by atoms with E-state index in [-0.39, 0.29) is 11.6 Å². The van der Waals surface area contributed by atoms with Gasteiger partial charge in [-0.25, -0.2) is 9.18 Å². The van der Waals surface area contributed by atoms with Crippen molar-refractivity contribution in [1.82, 2.24) is 0 Å². The fraction of sp³-hybridized carbons (Fsp3) is 0.0833. The molecule has 0 radical (unpaired) electrons. The Hall–Kier alpha value is -1.75. The van der Waals surface area contributed by atoms with Crippen LogP contribution in [0.1, 0.15) is 16.3 Å². The zero-order chi connectivity index (χ0) is 12.3. The van der Waals surface area contributed by atoms with Crippen molar-refractivity contribution < 1.29 is 18.7 Å². The van der Waals surface area contributed by atoms with Crippen LogP contribution in [0.2, 0.25) is 0 Å². The van der Waals surface area contributed by atoms with Crippen molar-refractivity contribution in [3.63, 3.8) is 0 Å². The molecule has 2 aromatic rings. The Balaban J connectivity index is 2.00. The predicted octanol–water partition coefficient (Wildman–Crippen LogP) is 3.41. The van der Waals surface area contributed by atoms with Crippen molar-refractivity contribution in [3.05, 3.63) is 53.7 Å². The van der Waals surface area contributed by atoms with Crippen LogP contribution in [0.25, 0.3) is 0 Å². The first kappa shape index (κ1) is 11.7. The Bertz CT molecular complexity index is 536. The highest BCUT2D eigenvalue weighted by atomic mass is 32.2. The van der Waals surface area contributed by atoms with Gasteiger partial charge >= 0.3 is 5.97 Å². The van der Waals surface area contributed by atoms with Gasteiger partial charge in [0.15, 0.2) is 0 Å².